The number of benzene rings is 2. The van der Waals surface area contributed by atoms with E-state index in [1.807, 2.05) is 37.3 Å². The van der Waals surface area contributed by atoms with Gasteiger partial charge in [-0.1, -0.05) is 30.3 Å². The molecule has 31 heavy (non-hydrogen) atoms. The summed E-state index contributed by atoms with van der Waals surface area (Å²) in [6.45, 7) is 6.24. The van der Waals surface area contributed by atoms with E-state index in [1.165, 1.54) is 9.42 Å². The molecule has 0 bridgehead atoms. The maximum atomic E-state index is 13.3. The van der Waals surface area contributed by atoms with Crippen LogP contribution in [0.4, 0.5) is 5.95 Å². The van der Waals surface area contributed by atoms with E-state index in [4.69, 9.17) is 4.74 Å². The lowest BCUT2D eigenvalue weighted by Crippen LogP contribution is -2.31. The Balaban J connectivity index is 1.77. The third-order valence-electron chi connectivity index (χ3n) is 5.05. The highest BCUT2D eigenvalue weighted by atomic mass is 16.5. The molecular formula is C23H23N5O3. The fourth-order valence-electron chi connectivity index (χ4n) is 3.23. The zero-order valence-corrected chi connectivity index (χ0v) is 17.6. The standard InChI is InChI=1S/C23H23N5O3/c1-4-31-19-12-10-17(11-13-19)14-27(21(30)18-8-6-5-7-9-18)23-25-22-24-16(3)15(2)20(29)28(22)26-23/h5-13H,4,14H2,1-3H3,(H,24,25,26). The zero-order valence-electron chi connectivity index (χ0n) is 17.6. The van der Waals surface area contributed by atoms with Crippen molar-refractivity contribution in [2.24, 2.45) is 0 Å². The van der Waals surface area contributed by atoms with Crippen LogP contribution < -0.4 is 15.2 Å². The quantitative estimate of drug-likeness (QED) is 0.520. The Morgan fingerprint density at radius 1 is 1.06 bits per heavy atom. The van der Waals surface area contributed by atoms with Gasteiger partial charge in [0.25, 0.3) is 17.2 Å². The first-order valence-corrected chi connectivity index (χ1v) is 10.0. The summed E-state index contributed by atoms with van der Waals surface area (Å²) >= 11 is 0. The highest BCUT2D eigenvalue weighted by molar-refractivity contribution is 6.05. The number of aryl methyl sites for hydroxylation is 1. The number of hydrogen-bond donors (Lipinski definition) is 1. The Labute approximate surface area is 179 Å². The number of rotatable bonds is 6. The van der Waals surface area contributed by atoms with Crippen LogP contribution in [-0.2, 0) is 6.54 Å². The summed E-state index contributed by atoms with van der Waals surface area (Å²) in [5.74, 6) is 0.991. The average Bonchev–Trinajstić information content (AvgIpc) is 3.21. The number of hydrogen-bond acceptors (Lipinski definition) is 5. The smallest absolute Gasteiger partial charge is 0.277 e. The highest BCUT2D eigenvalue weighted by Crippen LogP contribution is 2.19. The minimum absolute atomic E-state index is 0.223. The molecule has 0 aliphatic heterocycles. The Hall–Kier alpha value is -3.94. The summed E-state index contributed by atoms with van der Waals surface area (Å²) in [7, 11) is 0. The largest absolute Gasteiger partial charge is 0.494 e. The molecule has 0 fully saturated rings. The molecule has 0 radical (unpaired) electrons. The van der Waals surface area contributed by atoms with Crippen LogP contribution in [-0.4, -0.2) is 32.1 Å². The van der Waals surface area contributed by atoms with Gasteiger partial charge in [-0.25, -0.2) is 4.98 Å². The number of nitrogens with one attached hydrogen (secondary N) is 1. The lowest BCUT2D eigenvalue weighted by molar-refractivity contribution is 0.0983. The number of anilines is 1. The maximum Gasteiger partial charge on any atom is 0.277 e. The third-order valence-corrected chi connectivity index (χ3v) is 5.05. The molecule has 4 aromatic rings. The van der Waals surface area contributed by atoms with Gasteiger partial charge in [0, 0.05) is 16.8 Å². The fraction of sp³-hybridized carbons (Fsp3) is 0.217. The van der Waals surface area contributed by atoms with Gasteiger partial charge >= 0.3 is 0 Å². The first kappa shape index (κ1) is 20.3. The molecule has 0 saturated heterocycles. The minimum atomic E-state index is -0.241. The van der Waals surface area contributed by atoms with E-state index in [-0.39, 0.29) is 29.7 Å². The predicted octanol–water partition coefficient (Wildman–Crippen LogP) is 3.28. The van der Waals surface area contributed by atoms with Gasteiger partial charge in [-0.15, -0.1) is 0 Å². The molecule has 158 valence electrons. The van der Waals surface area contributed by atoms with Crippen LogP contribution in [0.1, 0.15) is 34.1 Å². The van der Waals surface area contributed by atoms with Gasteiger partial charge in [-0.3, -0.25) is 19.6 Å². The summed E-state index contributed by atoms with van der Waals surface area (Å²) < 4.78 is 6.76. The number of carbonyl (C=O) groups excluding carboxylic acids is 1. The average molecular weight is 417 g/mol. The predicted molar refractivity (Wildman–Crippen MR) is 118 cm³/mol. The van der Waals surface area contributed by atoms with Gasteiger partial charge in [0.05, 0.1) is 13.2 Å². The molecule has 8 nitrogen and oxygen atoms in total. The van der Waals surface area contributed by atoms with Crippen molar-refractivity contribution in [2.45, 2.75) is 27.3 Å². The molecular weight excluding hydrogens is 394 g/mol. The Morgan fingerprint density at radius 2 is 1.77 bits per heavy atom. The Morgan fingerprint density at radius 3 is 2.45 bits per heavy atom. The molecule has 1 amide bonds. The molecule has 0 unspecified atom stereocenters. The number of aromatic nitrogens is 4. The fourth-order valence-corrected chi connectivity index (χ4v) is 3.23. The summed E-state index contributed by atoms with van der Waals surface area (Å²) in [6, 6.07) is 16.5. The zero-order chi connectivity index (χ0) is 22.0. The lowest BCUT2D eigenvalue weighted by Gasteiger charge is -2.20. The van der Waals surface area contributed by atoms with Gasteiger partial charge in [0.15, 0.2) is 0 Å². The second-order valence-electron chi connectivity index (χ2n) is 7.14. The molecule has 2 aromatic heterocycles. The molecule has 2 aromatic carbocycles. The van der Waals surface area contributed by atoms with Crippen molar-refractivity contribution >= 4 is 17.6 Å². The second-order valence-corrected chi connectivity index (χ2v) is 7.14. The summed E-state index contributed by atoms with van der Waals surface area (Å²) in [6.07, 6.45) is 0. The molecule has 8 heteroatoms. The molecule has 2 heterocycles. The van der Waals surface area contributed by atoms with Crippen LogP contribution >= 0.6 is 0 Å². The van der Waals surface area contributed by atoms with E-state index < -0.39 is 0 Å². The van der Waals surface area contributed by atoms with E-state index in [1.54, 1.807) is 38.1 Å². The number of nitrogens with zero attached hydrogens (tertiary/aromatic N) is 4. The van der Waals surface area contributed by atoms with Crippen molar-refractivity contribution in [3.63, 3.8) is 0 Å². The van der Waals surface area contributed by atoms with Gasteiger partial charge in [-0.2, -0.15) is 9.50 Å². The normalized spacial score (nSPS) is 10.9. The molecule has 0 spiro atoms. The van der Waals surface area contributed by atoms with Gasteiger partial charge in [-0.05, 0) is 50.6 Å². The number of aromatic amines is 1. The lowest BCUT2D eigenvalue weighted by atomic mass is 10.1. The van der Waals surface area contributed by atoms with E-state index in [9.17, 15) is 9.59 Å². The Kier molecular flexibility index (Phi) is 5.53. The second kappa shape index (κ2) is 8.43. The Bertz CT molecular complexity index is 1280. The van der Waals surface area contributed by atoms with E-state index in [0.717, 1.165) is 11.3 Å². The van der Waals surface area contributed by atoms with Crippen molar-refractivity contribution < 1.29 is 9.53 Å². The SMILES string of the molecule is CCOc1ccc(CN(C(=O)c2ccccc2)c2nc3nc(C)c(C)c(=O)n3[nH]2)cc1. The number of ether oxygens (including phenoxy) is 1. The topological polar surface area (TPSA) is 92.6 Å². The summed E-state index contributed by atoms with van der Waals surface area (Å²) in [5.41, 5.74) is 2.30. The molecule has 4 rings (SSSR count). The number of carbonyl (C=O) groups is 1. The first-order valence-electron chi connectivity index (χ1n) is 10.0. The van der Waals surface area contributed by atoms with Crippen LogP contribution in [0.25, 0.3) is 5.78 Å². The minimum Gasteiger partial charge on any atom is -0.494 e. The van der Waals surface area contributed by atoms with Crippen LogP contribution in [0.15, 0.2) is 59.4 Å². The highest BCUT2D eigenvalue weighted by Gasteiger charge is 2.22. The van der Waals surface area contributed by atoms with Crippen molar-refractivity contribution in [3.8, 4) is 5.75 Å². The molecule has 0 aliphatic rings. The monoisotopic (exact) mass is 417 g/mol. The van der Waals surface area contributed by atoms with Gasteiger partial charge in [0.2, 0.25) is 5.95 Å². The summed E-state index contributed by atoms with van der Waals surface area (Å²) in [5, 5.41) is 2.95. The van der Waals surface area contributed by atoms with Crippen molar-refractivity contribution in [3.05, 3.63) is 87.3 Å². The molecule has 1 N–H and O–H groups in total. The van der Waals surface area contributed by atoms with Gasteiger partial charge < -0.3 is 4.74 Å². The van der Waals surface area contributed by atoms with Crippen molar-refractivity contribution in [1.29, 1.82) is 0 Å². The van der Waals surface area contributed by atoms with Crippen LogP contribution in [0.3, 0.4) is 0 Å². The van der Waals surface area contributed by atoms with E-state index >= 15 is 0 Å². The number of fused-ring (bicyclic) bond motifs is 1. The van der Waals surface area contributed by atoms with Crippen molar-refractivity contribution in [1.82, 2.24) is 19.6 Å². The van der Waals surface area contributed by atoms with Crippen molar-refractivity contribution in [2.75, 3.05) is 11.5 Å². The number of H-pyrrole nitrogens is 1. The van der Waals surface area contributed by atoms with Crippen LogP contribution in [0.5, 0.6) is 5.75 Å². The van der Waals surface area contributed by atoms with Gasteiger partial charge in [0.1, 0.15) is 5.75 Å². The summed E-state index contributed by atoms with van der Waals surface area (Å²) in [4.78, 5) is 36.3. The maximum absolute atomic E-state index is 13.3. The molecule has 0 atom stereocenters. The van der Waals surface area contributed by atoms with E-state index in [2.05, 4.69) is 15.1 Å². The molecule has 0 aliphatic carbocycles. The van der Waals surface area contributed by atoms with Crippen LogP contribution in [0.2, 0.25) is 0 Å². The van der Waals surface area contributed by atoms with Crippen LogP contribution in [0, 0.1) is 13.8 Å². The first-order chi connectivity index (χ1) is 15.0. The third kappa shape index (κ3) is 4.05. The van der Waals surface area contributed by atoms with E-state index in [0.29, 0.717) is 23.4 Å². The molecule has 0 saturated carbocycles. The number of amides is 1.